The molecule has 188 valence electrons. The molecule has 7 nitrogen and oxygen atoms in total. The van der Waals surface area contributed by atoms with Crippen molar-refractivity contribution in [3.8, 4) is 5.75 Å². The number of aliphatic carboxylic acids is 1. The van der Waals surface area contributed by atoms with Crippen LogP contribution in [0.4, 0.5) is 26.3 Å². The highest BCUT2D eigenvalue weighted by atomic mass is 19.3. The first-order valence-corrected chi connectivity index (χ1v) is 9.68. The van der Waals surface area contributed by atoms with E-state index in [1.807, 2.05) is 6.92 Å². The quantitative estimate of drug-likeness (QED) is 0.224. The zero-order valence-corrected chi connectivity index (χ0v) is 17.5. The first-order valence-electron chi connectivity index (χ1n) is 9.68. The standard InChI is InChI=1S/C12H18F6O2.C8H6O5/c1-2-3-4-5-6-7-8-10(13,14)12(17,18)11(15,16)9(19)20;9-6-2-4(7(10)11)1-5(3-6)8(12)13/h2-8H2,1H3,(H,19,20);1-3,9H,(H,10,11)(H,12,13). The summed E-state index contributed by atoms with van der Waals surface area (Å²) in [7, 11) is 0. The maximum atomic E-state index is 13.1. The molecule has 33 heavy (non-hydrogen) atoms. The van der Waals surface area contributed by atoms with Gasteiger partial charge < -0.3 is 20.4 Å². The smallest absolute Gasteiger partial charge is 0.410 e. The number of phenolic OH excluding ortho intramolecular Hbond substituents is 1. The number of alkyl halides is 6. The fraction of sp³-hybridized carbons (Fsp3) is 0.550. The molecule has 0 aromatic heterocycles. The number of unbranched alkanes of at least 4 members (excludes halogenated alkanes) is 5. The van der Waals surface area contributed by atoms with Crippen LogP contribution in [0.1, 0.15) is 72.6 Å². The van der Waals surface area contributed by atoms with E-state index in [1.165, 1.54) is 0 Å². The maximum absolute atomic E-state index is 13.1. The van der Waals surface area contributed by atoms with Crippen molar-refractivity contribution in [1.82, 2.24) is 0 Å². The molecule has 0 aliphatic heterocycles. The van der Waals surface area contributed by atoms with Crippen LogP contribution in [0, 0.1) is 0 Å². The Balaban J connectivity index is 0.000000676. The summed E-state index contributed by atoms with van der Waals surface area (Å²) >= 11 is 0. The van der Waals surface area contributed by atoms with Gasteiger partial charge in [0.25, 0.3) is 0 Å². The number of halogens is 6. The minimum atomic E-state index is -5.91. The van der Waals surface area contributed by atoms with Gasteiger partial charge in [0.1, 0.15) is 5.75 Å². The Kier molecular flexibility index (Phi) is 11.2. The van der Waals surface area contributed by atoms with Gasteiger partial charge in [-0.25, -0.2) is 14.4 Å². The van der Waals surface area contributed by atoms with E-state index in [0.29, 0.717) is 6.42 Å². The second-order valence-electron chi connectivity index (χ2n) is 7.06. The molecule has 0 radical (unpaired) electrons. The summed E-state index contributed by atoms with van der Waals surface area (Å²) in [6, 6.07) is 2.94. The predicted octanol–water partition coefficient (Wildman–Crippen LogP) is 5.52. The molecule has 0 fully saturated rings. The van der Waals surface area contributed by atoms with Gasteiger partial charge in [-0.3, -0.25) is 0 Å². The van der Waals surface area contributed by atoms with Gasteiger partial charge in [-0.1, -0.05) is 39.0 Å². The third-order valence-corrected chi connectivity index (χ3v) is 4.38. The molecule has 4 N–H and O–H groups in total. The van der Waals surface area contributed by atoms with Crippen LogP contribution in [0.15, 0.2) is 18.2 Å². The van der Waals surface area contributed by atoms with Crippen molar-refractivity contribution in [2.75, 3.05) is 0 Å². The third kappa shape index (κ3) is 8.46. The van der Waals surface area contributed by atoms with E-state index >= 15 is 0 Å². The molecule has 0 unspecified atom stereocenters. The van der Waals surface area contributed by atoms with Gasteiger partial charge in [-0.05, 0) is 24.6 Å². The van der Waals surface area contributed by atoms with Gasteiger partial charge in [0.05, 0.1) is 11.1 Å². The fourth-order valence-electron chi connectivity index (χ4n) is 2.51. The first kappa shape index (κ1) is 30.0. The van der Waals surface area contributed by atoms with E-state index in [1.54, 1.807) is 0 Å². The Morgan fingerprint density at radius 3 is 1.58 bits per heavy atom. The van der Waals surface area contributed by atoms with Crippen LogP contribution in [0.25, 0.3) is 0 Å². The summed E-state index contributed by atoms with van der Waals surface area (Å²) in [5.41, 5.74) is -0.505. The predicted molar refractivity (Wildman–Crippen MR) is 102 cm³/mol. The Hall–Kier alpha value is -2.99. The molecule has 0 amide bonds. The van der Waals surface area contributed by atoms with E-state index in [0.717, 1.165) is 37.5 Å². The summed E-state index contributed by atoms with van der Waals surface area (Å²) in [6.07, 6.45) is 1.48. The molecule has 0 heterocycles. The Labute approximate surface area is 184 Å². The highest BCUT2D eigenvalue weighted by Gasteiger charge is 2.74. The molecule has 0 spiro atoms. The Bertz CT molecular complexity index is 795. The molecule has 0 aliphatic rings. The fourth-order valence-corrected chi connectivity index (χ4v) is 2.51. The molecule has 0 saturated carbocycles. The van der Waals surface area contributed by atoms with Crippen molar-refractivity contribution in [2.45, 2.75) is 69.6 Å². The van der Waals surface area contributed by atoms with Crippen molar-refractivity contribution in [2.24, 2.45) is 0 Å². The lowest BCUT2D eigenvalue weighted by molar-refractivity contribution is -0.305. The molecule has 13 heteroatoms. The van der Waals surface area contributed by atoms with E-state index in [2.05, 4.69) is 0 Å². The zero-order chi connectivity index (χ0) is 26.0. The van der Waals surface area contributed by atoms with Crippen LogP contribution in [0.2, 0.25) is 0 Å². The normalized spacial score (nSPS) is 12.0. The number of hydrogen-bond donors (Lipinski definition) is 4. The summed E-state index contributed by atoms with van der Waals surface area (Å²) in [5, 5.41) is 33.9. The number of carboxylic acid groups (broad SMARTS) is 3. The van der Waals surface area contributed by atoms with Gasteiger partial charge >= 0.3 is 35.7 Å². The lowest BCUT2D eigenvalue weighted by atomic mass is 9.98. The number of rotatable bonds is 12. The van der Waals surface area contributed by atoms with Gasteiger partial charge in [-0.15, -0.1) is 0 Å². The van der Waals surface area contributed by atoms with E-state index in [9.17, 15) is 40.7 Å². The Morgan fingerprint density at radius 1 is 0.758 bits per heavy atom. The highest BCUT2D eigenvalue weighted by Crippen LogP contribution is 2.48. The number of aromatic hydroxyl groups is 1. The topological polar surface area (TPSA) is 132 Å². The minimum Gasteiger partial charge on any atom is -0.508 e. The first-order chi connectivity index (χ1) is 15.0. The summed E-state index contributed by atoms with van der Waals surface area (Å²) in [5.74, 6) is -23.0. The van der Waals surface area contributed by atoms with Gasteiger partial charge in [0.15, 0.2) is 0 Å². The second-order valence-corrected chi connectivity index (χ2v) is 7.06. The molecule has 1 aromatic rings. The number of benzene rings is 1. The van der Waals surface area contributed by atoms with E-state index < -0.39 is 42.1 Å². The average Bonchev–Trinajstić information content (AvgIpc) is 2.70. The lowest BCUT2D eigenvalue weighted by Crippen LogP contribution is -2.57. The average molecular weight is 490 g/mol. The third-order valence-electron chi connectivity index (χ3n) is 4.38. The number of carboxylic acids is 3. The molecule has 0 bridgehead atoms. The van der Waals surface area contributed by atoms with Gasteiger partial charge in [0, 0.05) is 6.42 Å². The van der Waals surface area contributed by atoms with Crippen molar-refractivity contribution < 1.29 is 61.2 Å². The van der Waals surface area contributed by atoms with Crippen LogP contribution in [0.5, 0.6) is 5.75 Å². The molecular formula is C20H24F6O7. The number of phenols is 1. The maximum Gasteiger partial charge on any atom is 0.410 e. The number of hydrogen-bond acceptors (Lipinski definition) is 4. The van der Waals surface area contributed by atoms with Crippen LogP contribution in [-0.4, -0.2) is 56.1 Å². The summed E-state index contributed by atoms with van der Waals surface area (Å²) < 4.78 is 77.6. The second kappa shape index (κ2) is 12.3. The van der Waals surface area contributed by atoms with Gasteiger partial charge in [-0.2, -0.15) is 26.3 Å². The van der Waals surface area contributed by atoms with Crippen LogP contribution >= 0.6 is 0 Å². The van der Waals surface area contributed by atoms with Crippen LogP contribution < -0.4 is 0 Å². The summed E-state index contributed by atoms with van der Waals surface area (Å²) in [4.78, 5) is 30.8. The van der Waals surface area contributed by atoms with Crippen LogP contribution in [-0.2, 0) is 4.79 Å². The molecular weight excluding hydrogens is 466 g/mol. The van der Waals surface area contributed by atoms with E-state index in [-0.39, 0.29) is 29.7 Å². The lowest BCUT2D eigenvalue weighted by Gasteiger charge is -2.30. The van der Waals surface area contributed by atoms with Crippen molar-refractivity contribution >= 4 is 17.9 Å². The van der Waals surface area contributed by atoms with Crippen molar-refractivity contribution in [3.63, 3.8) is 0 Å². The molecule has 1 rings (SSSR count). The highest BCUT2D eigenvalue weighted by molar-refractivity contribution is 5.94. The van der Waals surface area contributed by atoms with Crippen molar-refractivity contribution in [1.29, 1.82) is 0 Å². The summed E-state index contributed by atoms with van der Waals surface area (Å²) in [6.45, 7) is 1.93. The molecule has 0 atom stereocenters. The Morgan fingerprint density at radius 2 is 1.18 bits per heavy atom. The number of aromatic carboxylic acids is 2. The molecule has 0 aliphatic carbocycles. The minimum absolute atomic E-state index is 0.213. The number of carbonyl (C=O) groups is 3. The van der Waals surface area contributed by atoms with E-state index in [4.69, 9.17) is 20.4 Å². The largest absolute Gasteiger partial charge is 0.508 e. The van der Waals surface area contributed by atoms with Crippen molar-refractivity contribution in [3.05, 3.63) is 29.3 Å². The monoisotopic (exact) mass is 490 g/mol. The van der Waals surface area contributed by atoms with Gasteiger partial charge in [0.2, 0.25) is 0 Å². The molecule has 0 saturated heterocycles. The SMILES string of the molecule is CCCCCCCCC(F)(F)C(F)(F)C(F)(F)C(=O)O.O=C(O)c1cc(O)cc(C(=O)O)c1. The zero-order valence-electron chi connectivity index (χ0n) is 17.5. The van der Waals surface area contributed by atoms with Crippen LogP contribution in [0.3, 0.4) is 0 Å². The molecule has 1 aromatic carbocycles.